The molecule has 1 fully saturated rings. The molecule has 1 N–H and O–H groups in total. The van der Waals surface area contributed by atoms with Gasteiger partial charge in [0.1, 0.15) is 0 Å². The number of rotatable bonds is 6. The Hall–Kier alpha value is -0.450. The minimum Gasteiger partial charge on any atom is -0.314 e. The summed E-state index contributed by atoms with van der Waals surface area (Å²) in [6.45, 7) is 6.59. The molecule has 0 aliphatic heterocycles. The number of aromatic nitrogens is 1. The van der Waals surface area contributed by atoms with Crippen LogP contribution in [0.2, 0.25) is 0 Å². The topological polar surface area (TPSA) is 28.2 Å². The van der Waals surface area contributed by atoms with Crippen LogP contribution in [0.1, 0.15) is 49.6 Å². The average molecular weight is 281 g/mol. The van der Waals surface area contributed by atoms with Gasteiger partial charge in [0.2, 0.25) is 0 Å². The monoisotopic (exact) mass is 281 g/mol. The van der Waals surface area contributed by atoms with Crippen LogP contribution < -0.4 is 5.32 Å². The van der Waals surface area contributed by atoms with Crippen LogP contribution in [0.25, 0.3) is 0 Å². The van der Waals surface area contributed by atoms with Gasteiger partial charge in [0, 0.05) is 23.5 Å². The maximum absolute atomic E-state index is 4.34. The number of aryl methyl sites for hydroxylation is 1. The number of hydrogen-bond acceptors (Lipinski definition) is 4. The second-order valence-electron chi connectivity index (χ2n) is 5.74. The van der Waals surface area contributed by atoms with E-state index in [1.165, 1.54) is 49.2 Å². The highest BCUT2D eigenvalue weighted by Crippen LogP contribution is 2.25. The molecule has 0 radical (unpaired) electrons. The van der Waals surface area contributed by atoms with E-state index in [9.17, 15) is 0 Å². The van der Waals surface area contributed by atoms with Gasteiger partial charge in [0.25, 0.3) is 0 Å². The van der Waals surface area contributed by atoms with Crippen molar-refractivity contribution in [3.8, 4) is 0 Å². The largest absolute Gasteiger partial charge is 0.314 e. The summed E-state index contributed by atoms with van der Waals surface area (Å²) in [6.07, 6.45) is 6.56. The van der Waals surface area contributed by atoms with E-state index in [2.05, 4.69) is 36.1 Å². The Morgan fingerprint density at radius 3 is 2.68 bits per heavy atom. The van der Waals surface area contributed by atoms with Crippen LogP contribution >= 0.6 is 11.3 Å². The lowest BCUT2D eigenvalue weighted by Crippen LogP contribution is -2.40. The predicted molar refractivity (Wildman–Crippen MR) is 82.7 cm³/mol. The number of thiazole rings is 1. The van der Waals surface area contributed by atoms with E-state index in [1.54, 1.807) is 11.3 Å². The molecule has 0 aromatic carbocycles. The lowest BCUT2D eigenvalue weighted by molar-refractivity contribution is 0.169. The molecule has 2 rings (SSSR count). The van der Waals surface area contributed by atoms with Crippen LogP contribution in [-0.2, 0) is 6.54 Å². The Bertz CT molecular complexity index is 369. The first-order chi connectivity index (χ1) is 9.20. The highest BCUT2D eigenvalue weighted by atomic mass is 32.1. The molecular formula is C15H27N3S. The molecule has 0 unspecified atom stereocenters. The summed E-state index contributed by atoms with van der Waals surface area (Å²) in [5.41, 5.74) is 3.17. The van der Waals surface area contributed by atoms with Crippen LogP contribution in [0, 0.1) is 6.92 Å². The molecule has 0 amide bonds. The Balaban J connectivity index is 1.76. The summed E-state index contributed by atoms with van der Waals surface area (Å²) in [5, 5.41) is 3.66. The second kappa shape index (κ2) is 7.36. The van der Waals surface area contributed by atoms with Crippen molar-refractivity contribution in [3.05, 3.63) is 16.1 Å². The maximum atomic E-state index is 4.34. The summed E-state index contributed by atoms with van der Waals surface area (Å²) in [7, 11) is 2.27. The van der Waals surface area contributed by atoms with Crippen molar-refractivity contribution >= 4 is 11.3 Å². The Morgan fingerprint density at radius 1 is 1.37 bits per heavy atom. The number of hydrogen-bond donors (Lipinski definition) is 1. The molecule has 1 aromatic rings. The molecule has 1 aliphatic carbocycles. The van der Waals surface area contributed by atoms with Gasteiger partial charge in [-0.2, -0.15) is 0 Å². The van der Waals surface area contributed by atoms with Crippen LogP contribution in [0.3, 0.4) is 0 Å². The normalized spacial score (nSPS) is 24.0. The maximum Gasteiger partial charge on any atom is 0.0798 e. The fourth-order valence-electron chi connectivity index (χ4n) is 2.90. The van der Waals surface area contributed by atoms with Crippen LogP contribution in [0.15, 0.2) is 5.51 Å². The number of nitrogens with one attached hydrogen (secondary N) is 1. The third-order valence-corrected chi connectivity index (χ3v) is 5.16. The highest BCUT2D eigenvalue weighted by molar-refractivity contribution is 7.09. The molecule has 0 atom stereocenters. The lowest BCUT2D eigenvalue weighted by Gasteiger charge is -2.35. The van der Waals surface area contributed by atoms with Crippen LogP contribution in [-0.4, -0.2) is 35.6 Å². The molecule has 108 valence electrons. The summed E-state index contributed by atoms with van der Waals surface area (Å²) < 4.78 is 0. The van der Waals surface area contributed by atoms with Gasteiger partial charge in [-0.25, -0.2) is 4.98 Å². The van der Waals surface area contributed by atoms with Crippen LogP contribution in [0.4, 0.5) is 0 Å². The van der Waals surface area contributed by atoms with E-state index in [1.807, 2.05) is 5.51 Å². The van der Waals surface area contributed by atoms with Gasteiger partial charge in [-0.1, -0.05) is 6.92 Å². The first-order valence-electron chi connectivity index (χ1n) is 7.53. The van der Waals surface area contributed by atoms with E-state index >= 15 is 0 Å². The minimum atomic E-state index is 0.751. The van der Waals surface area contributed by atoms with Gasteiger partial charge in [-0.3, -0.25) is 4.90 Å². The Morgan fingerprint density at radius 2 is 2.11 bits per heavy atom. The molecule has 19 heavy (non-hydrogen) atoms. The van der Waals surface area contributed by atoms with Crippen molar-refractivity contribution in [1.29, 1.82) is 0 Å². The quantitative estimate of drug-likeness (QED) is 0.868. The first-order valence-corrected chi connectivity index (χ1v) is 8.41. The zero-order valence-electron chi connectivity index (χ0n) is 12.5. The molecule has 0 spiro atoms. The number of nitrogens with zero attached hydrogens (tertiary/aromatic N) is 2. The molecule has 0 saturated heterocycles. The molecular weight excluding hydrogens is 254 g/mol. The van der Waals surface area contributed by atoms with Gasteiger partial charge in [0.15, 0.2) is 0 Å². The summed E-state index contributed by atoms with van der Waals surface area (Å²) in [4.78, 5) is 8.29. The SMILES string of the molecule is CCCNC1CCC(N(C)Cc2scnc2C)CC1. The van der Waals surface area contributed by atoms with Gasteiger partial charge < -0.3 is 5.32 Å². The molecule has 3 nitrogen and oxygen atoms in total. The molecule has 4 heteroatoms. The summed E-state index contributed by atoms with van der Waals surface area (Å²) in [6, 6.07) is 1.51. The molecule has 1 aliphatic rings. The lowest BCUT2D eigenvalue weighted by atomic mass is 9.90. The van der Waals surface area contributed by atoms with E-state index < -0.39 is 0 Å². The van der Waals surface area contributed by atoms with Crippen molar-refractivity contribution in [3.63, 3.8) is 0 Å². The zero-order chi connectivity index (χ0) is 13.7. The van der Waals surface area contributed by atoms with E-state index in [4.69, 9.17) is 0 Å². The van der Waals surface area contributed by atoms with Crippen molar-refractivity contribution in [2.45, 2.75) is 64.6 Å². The van der Waals surface area contributed by atoms with Crippen LogP contribution in [0.5, 0.6) is 0 Å². The van der Waals surface area contributed by atoms with Gasteiger partial charge in [-0.15, -0.1) is 11.3 Å². The van der Waals surface area contributed by atoms with Gasteiger partial charge in [-0.05, 0) is 52.6 Å². The highest BCUT2D eigenvalue weighted by Gasteiger charge is 2.24. The Kier molecular flexibility index (Phi) is 5.79. The fraction of sp³-hybridized carbons (Fsp3) is 0.800. The molecule has 1 saturated carbocycles. The van der Waals surface area contributed by atoms with Crippen molar-refractivity contribution in [2.75, 3.05) is 13.6 Å². The fourth-order valence-corrected chi connectivity index (χ4v) is 3.74. The third-order valence-electron chi connectivity index (χ3n) is 4.24. The van der Waals surface area contributed by atoms with Crippen molar-refractivity contribution in [2.24, 2.45) is 0 Å². The molecule has 1 heterocycles. The van der Waals surface area contributed by atoms with E-state index in [0.29, 0.717) is 0 Å². The summed E-state index contributed by atoms with van der Waals surface area (Å²) >= 11 is 1.79. The average Bonchev–Trinajstić information content (AvgIpc) is 2.82. The van der Waals surface area contributed by atoms with Gasteiger partial charge >= 0.3 is 0 Å². The summed E-state index contributed by atoms with van der Waals surface area (Å²) in [5.74, 6) is 0. The van der Waals surface area contributed by atoms with Crippen molar-refractivity contribution in [1.82, 2.24) is 15.2 Å². The van der Waals surface area contributed by atoms with Gasteiger partial charge in [0.05, 0.1) is 11.2 Å². The minimum absolute atomic E-state index is 0.751. The van der Waals surface area contributed by atoms with E-state index in [-0.39, 0.29) is 0 Å². The first kappa shape index (κ1) is 14.9. The van der Waals surface area contributed by atoms with Crippen molar-refractivity contribution < 1.29 is 0 Å². The Labute approximate surface area is 121 Å². The molecule has 0 bridgehead atoms. The third kappa shape index (κ3) is 4.26. The second-order valence-corrected chi connectivity index (χ2v) is 6.67. The molecule has 1 aromatic heterocycles. The standard InChI is InChI=1S/C15H27N3S/c1-4-9-16-13-5-7-14(8-6-13)18(3)10-15-12(2)17-11-19-15/h11,13-14,16H,4-10H2,1-3H3. The smallest absolute Gasteiger partial charge is 0.0798 e. The predicted octanol–water partition coefficient (Wildman–Crippen LogP) is 3.19. The van der Waals surface area contributed by atoms with E-state index in [0.717, 1.165) is 18.6 Å². The zero-order valence-corrected chi connectivity index (χ0v) is 13.3.